The highest BCUT2D eigenvalue weighted by atomic mass is 32.1. The van der Waals surface area contributed by atoms with E-state index in [1.54, 1.807) is 40.1 Å². The average Bonchev–Trinajstić information content (AvgIpc) is 2.60. The number of carbonyl (C=O) groups is 2. The number of carbonyl (C=O) groups excluding carboxylic acids is 2. The fourth-order valence-corrected chi connectivity index (χ4v) is 2.12. The zero-order chi connectivity index (χ0) is 13.9. The lowest BCUT2D eigenvalue weighted by Crippen LogP contribution is -2.41. The first-order valence-corrected chi connectivity index (χ1v) is 6.52. The molecule has 0 radical (unpaired) electrons. The Balaban J connectivity index is 2.61. The average molecular weight is 270 g/mol. The predicted molar refractivity (Wildman–Crippen MR) is 70.0 cm³/mol. The van der Waals surface area contributed by atoms with Crippen LogP contribution >= 0.6 is 11.3 Å². The molecular weight excluding hydrogens is 252 g/mol. The van der Waals surface area contributed by atoms with E-state index in [1.165, 1.54) is 11.3 Å². The zero-order valence-electron chi connectivity index (χ0n) is 11.2. The molecule has 1 rings (SSSR count). The summed E-state index contributed by atoms with van der Waals surface area (Å²) in [5.74, 6) is -0.152. The molecule has 0 saturated heterocycles. The molecule has 0 spiro atoms. The summed E-state index contributed by atoms with van der Waals surface area (Å²) in [5, 5.41) is 2.52. The van der Waals surface area contributed by atoms with Gasteiger partial charge < -0.3 is 10.1 Å². The van der Waals surface area contributed by atoms with Gasteiger partial charge >= 0.3 is 6.09 Å². The molecule has 6 heteroatoms. The molecule has 0 saturated carbocycles. The fourth-order valence-electron chi connectivity index (χ4n) is 1.28. The van der Waals surface area contributed by atoms with Gasteiger partial charge in [-0.1, -0.05) is 0 Å². The van der Waals surface area contributed by atoms with Gasteiger partial charge in [0, 0.05) is 0 Å². The number of thiazole rings is 1. The van der Waals surface area contributed by atoms with Crippen LogP contribution in [0.1, 0.15) is 43.1 Å². The third kappa shape index (κ3) is 4.10. The molecule has 0 aliphatic rings. The van der Waals surface area contributed by atoms with E-state index >= 15 is 0 Å². The maximum absolute atomic E-state index is 12.0. The second kappa shape index (κ2) is 5.48. The van der Waals surface area contributed by atoms with Gasteiger partial charge in [-0.15, -0.1) is 11.3 Å². The van der Waals surface area contributed by atoms with Crippen molar-refractivity contribution in [1.29, 1.82) is 0 Å². The molecule has 0 unspecified atom stereocenters. The molecule has 100 valence electrons. The van der Waals surface area contributed by atoms with Gasteiger partial charge in [0.2, 0.25) is 0 Å². The lowest BCUT2D eigenvalue weighted by atomic mass is 10.1. The number of aryl methyl sites for hydroxylation is 1. The Labute approximate surface area is 111 Å². The van der Waals surface area contributed by atoms with E-state index in [4.69, 9.17) is 4.74 Å². The number of hydrogen-bond acceptors (Lipinski definition) is 5. The smallest absolute Gasteiger partial charge is 0.408 e. The van der Waals surface area contributed by atoms with Crippen LogP contribution in [0.25, 0.3) is 0 Å². The van der Waals surface area contributed by atoms with E-state index in [1.807, 2.05) is 0 Å². The Morgan fingerprint density at radius 2 is 2.06 bits per heavy atom. The number of alkyl carbamates (subject to hydrolysis) is 1. The molecule has 1 amide bonds. The molecule has 0 fully saturated rings. The van der Waals surface area contributed by atoms with Crippen LogP contribution in [-0.2, 0) is 4.74 Å². The van der Waals surface area contributed by atoms with Gasteiger partial charge in [0.05, 0.1) is 22.1 Å². The first-order chi connectivity index (χ1) is 8.20. The van der Waals surface area contributed by atoms with Gasteiger partial charge in [0.1, 0.15) is 5.60 Å². The molecule has 5 nitrogen and oxygen atoms in total. The summed E-state index contributed by atoms with van der Waals surface area (Å²) in [6.07, 6.45) is -0.592. The molecule has 1 atom stereocenters. The highest BCUT2D eigenvalue weighted by molar-refractivity contribution is 7.12. The van der Waals surface area contributed by atoms with Crippen molar-refractivity contribution in [1.82, 2.24) is 10.3 Å². The van der Waals surface area contributed by atoms with Crippen LogP contribution in [0.3, 0.4) is 0 Å². The number of amides is 1. The molecular formula is C12H18N2O3S. The standard InChI is InChI=1S/C12H18N2O3S/c1-7(14-11(16)17-12(3,4)5)9(15)10-8(2)13-6-18-10/h6-7H,1-5H3,(H,14,16)/t7-/m0/s1. The first-order valence-electron chi connectivity index (χ1n) is 5.64. The summed E-state index contributed by atoms with van der Waals surface area (Å²) in [6.45, 7) is 8.71. The van der Waals surface area contributed by atoms with Gasteiger partial charge in [-0.2, -0.15) is 0 Å². The number of hydrogen-bond donors (Lipinski definition) is 1. The molecule has 0 bridgehead atoms. The number of aromatic nitrogens is 1. The highest BCUT2D eigenvalue weighted by Gasteiger charge is 2.23. The molecule has 18 heavy (non-hydrogen) atoms. The van der Waals surface area contributed by atoms with E-state index in [0.717, 1.165) is 0 Å². The van der Waals surface area contributed by atoms with Crippen molar-refractivity contribution in [2.45, 2.75) is 46.3 Å². The van der Waals surface area contributed by atoms with Crippen LogP contribution in [0.15, 0.2) is 5.51 Å². The number of nitrogens with one attached hydrogen (secondary N) is 1. The maximum atomic E-state index is 12.0. The van der Waals surface area contributed by atoms with Crippen LogP contribution < -0.4 is 5.32 Å². The van der Waals surface area contributed by atoms with Gasteiger partial charge in [-0.25, -0.2) is 9.78 Å². The Bertz CT molecular complexity index is 448. The number of ether oxygens (including phenoxy) is 1. The molecule has 1 N–H and O–H groups in total. The van der Waals surface area contributed by atoms with Crippen LogP contribution in [0, 0.1) is 6.92 Å². The monoisotopic (exact) mass is 270 g/mol. The van der Waals surface area contributed by atoms with Crippen molar-refractivity contribution in [3.63, 3.8) is 0 Å². The minimum atomic E-state index is -0.626. The second-order valence-corrected chi connectivity index (χ2v) is 5.85. The maximum Gasteiger partial charge on any atom is 0.408 e. The van der Waals surface area contributed by atoms with Gasteiger partial charge in [-0.05, 0) is 34.6 Å². The van der Waals surface area contributed by atoms with E-state index in [9.17, 15) is 9.59 Å². The van der Waals surface area contributed by atoms with Crippen LogP contribution in [0.5, 0.6) is 0 Å². The third-order valence-electron chi connectivity index (χ3n) is 2.10. The summed E-state index contributed by atoms with van der Waals surface area (Å²) in [4.78, 5) is 28.1. The van der Waals surface area contributed by atoms with Crippen molar-refractivity contribution in [3.8, 4) is 0 Å². The largest absolute Gasteiger partial charge is 0.444 e. The van der Waals surface area contributed by atoms with E-state index < -0.39 is 17.7 Å². The van der Waals surface area contributed by atoms with E-state index in [2.05, 4.69) is 10.3 Å². The molecule has 1 heterocycles. The van der Waals surface area contributed by atoms with Crippen molar-refractivity contribution < 1.29 is 14.3 Å². The second-order valence-electron chi connectivity index (χ2n) is 5.00. The lowest BCUT2D eigenvalue weighted by Gasteiger charge is -2.21. The van der Waals surface area contributed by atoms with E-state index in [-0.39, 0.29) is 5.78 Å². The minimum absolute atomic E-state index is 0.152. The summed E-state index contributed by atoms with van der Waals surface area (Å²) in [6, 6.07) is -0.626. The summed E-state index contributed by atoms with van der Waals surface area (Å²) in [5.41, 5.74) is 1.72. The first kappa shape index (κ1) is 14.6. The number of ketones is 1. The lowest BCUT2D eigenvalue weighted by molar-refractivity contribution is 0.0497. The van der Waals surface area contributed by atoms with Crippen molar-refractivity contribution >= 4 is 23.2 Å². The zero-order valence-corrected chi connectivity index (χ0v) is 12.1. The van der Waals surface area contributed by atoms with Crippen LogP contribution in [0.4, 0.5) is 4.79 Å². The van der Waals surface area contributed by atoms with Gasteiger partial charge in [-0.3, -0.25) is 4.79 Å². The Hall–Kier alpha value is -1.43. The highest BCUT2D eigenvalue weighted by Crippen LogP contribution is 2.15. The molecule has 0 aromatic carbocycles. The quantitative estimate of drug-likeness (QED) is 0.857. The Kier molecular flexibility index (Phi) is 4.45. The SMILES string of the molecule is Cc1ncsc1C(=O)[C@H](C)NC(=O)OC(C)(C)C. The van der Waals surface area contributed by atoms with Crippen molar-refractivity contribution in [2.75, 3.05) is 0 Å². The number of Topliss-reactive ketones (excluding diaryl/α,β-unsaturated/α-hetero) is 1. The molecule has 1 aromatic rings. The fraction of sp³-hybridized carbons (Fsp3) is 0.583. The molecule has 1 aromatic heterocycles. The molecule has 0 aliphatic heterocycles. The number of nitrogens with zero attached hydrogens (tertiary/aromatic N) is 1. The van der Waals surface area contributed by atoms with Gasteiger partial charge in [0.25, 0.3) is 0 Å². The molecule has 0 aliphatic carbocycles. The normalized spacial score (nSPS) is 12.9. The van der Waals surface area contributed by atoms with Gasteiger partial charge in [0.15, 0.2) is 5.78 Å². The minimum Gasteiger partial charge on any atom is -0.444 e. The Morgan fingerprint density at radius 3 is 2.50 bits per heavy atom. The topological polar surface area (TPSA) is 68.3 Å². The summed E-state index contributed by atoms with van der Waals surface area (Å²) in [7, 11) is 0. The number of rotatable bonds is 3. The summed E-state index contributed by atoms with van der Waals surface area (Å²) < 4.78 is 5.09. The van der Waals surface area contributed by atoms with Crippen molar-refractivity contribution in [3.05, 3.63) is 16.1 Å². The van der Waals surface area contributed by atoms with E-state index in [0.29, 0.717) is 10.6 Å². The summed E-state index contributed by atoms with van der Waals surface area (Å²) >= 11 is 1.27. The van der Waals surface area contributed by atoms with Crippen molar-refractivity contribution in [2.24, 2.45) is 0 Å². The van der Waals surface area contributed by atoms with Crippen LogP contribution in [-0.4, -0.2) is 28.5 Å². The predicted octanol–water partition coefficient (Wildman–Crippen LogP) is 2.55. The van der Waals surface area contributed by atoms with Crippen LogP contribution in [0.2, 0.25) is 0 Å². The Morgan fingerprint density at radius 1 is 1.44 bits per heavy atom. The third-order valence-corrected chi connectivity index (χ3v) is 3.04.